The molecule has 0 radical (unpaired) electrons. The number of hydrogen-bond acceptors (Lipinski definition) is 6. The fraction of sp³-hybridized carbons (Fsp3) is 0.690. The minimum Gasteiger partial charge on any atom is -0.490 e. The van der Waals surface area contributed by atoms with Crippen molar-refractivity contribution in [3.05, 3.63) is 41.0 Å². The molecular formula is C42H68O6. The van der Waals surface area contributed by atoms with Crippen molar-refractivity contribution < 1.29 is 28.5 Å². The Hall–Kier alpha value is -2.89. The van der Waals surface area contributed by atoms with E-state index < -0.39 is 0 Å². The predicted molar refractivity (Wildman–Crippen MR) is 200 cm³/mol. The van der Waals surface area contributed by atoms with Gasteiger partial charge < -0.3 is 23.7 Å². The molecule has 0 aliphatic rings. The van der Waals surface area contributed by atoms with Gasteiger partial charge in [-0.05, 0) is 96.8 Å². The molecule has 0 aromatic heterocycles. The molecule has 2 rings (SSSR count). The Balaban J connectivity index is 2.78. The van der Waals surface area contributed by atoms with Crippen LogP contribution in [0.1, 0.15) is 168 Å². The Morgan fingerprint density at radius 3 is 1.33 bits per heavy atom. The number of carbonyl (C=O) groups is 1. The normalized spacial score (nSPS) is 14.5. The lowest BCUT2D eigenvalue weighted by Crippen LogP contribution is -2.22. The van der Waals surface area contributed by atoms with Gasteiger partial charge in [-0.1, -0.05) is 85.8 Å². The predicted octanol–water partition coefficient (Wildman–Crippen LogP) is 11.9. The molecule has 6 nitrogen and oxygen atoms in total. The average Bonchev–Trinajstić information content (AvgIpc) is 3.03. The number of Topliss-reactive ketones (excluding diaryl/α,β-unsaturated/α-hetero) is 1. The van der Waals surface area contributed by atoms with Crippen LogP contribution in [0.2, 0.25) is 0 Å². The molecule has 2 aromatic carbocycles. The second kappa shape index (κ2) is 22.0. The van der Waals surface area contributed by atoms with Crippen LogP contribution >= 0.6 is 0 Å². The van der Waals surface area contributed by atoms with Crippen LogP contribution in [-0.4, -0.2) is 36.3 Å². The van der Waals surface area contributed by atoms with E-state index in [1.165, 1.54) is 5.56 Å². The zero-order chi connectivity index (χ0) is 35.6. The van der Waals surface area contributed by atoms with E-state index in [0.717, 1.165) is 81.9 Å². The highest BCUT2D eigenvalue weighted by Gasteiger charge is 2.31. The first-order chi connectivity index (χ1) is 23.0. The van der Waals surface area contributed by atoms with Crippen molar-refractivity contribution in [3.8, 4) is 28.7 Å². The number of rotatable bonds is 25. The lowest BCUT2D eigenvalue weighted by molar-refractivity contribution is 0.0957. The number of benzene rings is 2. The van der Waals surface area contributed by atoms with Crippen molar-refractivity contribution in [3.63, 3.8) is 0 Å². The van der Waals surface area contributed by atoms with Gasteiger partial charge in [0.05, 0.1) is 30.5 Å². The largest absolute Gasteiger partial charge is 0.490 e. The van der Waals surface area contributed by atoms with Gasteiger partial charge in [-0.25, -0.2) is 0 Å². The van der Waals surface area contributed by atoms with Gasteiger partial charge in [-0.2, -0.15) is 0 Å². The van der Waals surface area contributed by atoms with E-state index in [1.807, 2.05) is 6.07 Å². The van der Waals surface area contributed by atoms with Crippen LogP contribution in [0.4, 0.5) is 0 Å². The summed E-state index contributed by atoms with van der Waals surface area (Å²) in [7, 11) is 0. The van der Waals surface area contributed by atoms with Gasteiger partial charge in [0.15, 0.2) is 28.8 Å². The van der Waals surface area contributed by atoms with Gasteiger partial charge in [-0.15, -0.1) is 0 Å². The monoisotopic (exact) mass is 669 g/mol. The van der Waals surface area contributed by atoms with E-state index in [-0.39, 0.29) is 42.7 Å². The number of aryl methyl sites for hydroxylation is 2. The molecule has 0 bridgehead atoms. The summed E-state index contributed by atoms with van der Waals surface area (Å²) in [5.74, 6) is 2.82. The van der Waals surface area contributed by atoms with E-state index in [0.29, 0.717) is 35.0 Å². The Kier molecular flexibility index (Phi) is 18.9. The molecule has 0 aliphatic carbocycles. The number of ketones is 1. The minimum atomic E-state index is -0.113. The van der Waals surface area contributed by atoms with Gasteiger partial charge in [0.1, 0.15) is 11.3 Å². The van der Waals surface area contributed by atoms with Crippen LogP contribution in [0, 0.1) is 0 Å². The van der Waals surface area contributed by atoms with Crippen molar-refractivity contribution in [1.29, 1.82) is 0 Å². The fourth-order valence-electron chi connectivity index (χ4n) is 6.18. The van der Waals surface area contributed by atoms with Crippen molar-refractivity contribution in [2.75, 3.05) is 0 Å². The summed E-state index contributed by atoms with van der Waals surface area (Å²) in [6.45, 7) is 23.3. The van der Waals surface area contributed by atoms with Crippen LogP contribution in [0.15, 0.2) is 24.3 Å². The summed E-state index contributed by atoms with van der Waals surface area (Å²) in [5.41, 5.74) is 2.70. The molecule has 5 unspecified atom stereocenters. The first-order valence-corrected chi connectivity index (χ1v) is 19.2. The molecule has 0 amide bonds. The summed E-state index contributed by atoms with van der Waals surface area (Å²) >= 11 is 0. The van der Waals surface area contributed by atoms with Crippen LogP contribution in [0.5, 0.6) is 28.7 Å². The molecular weight excluding hydrogens is 600 g/mol. The number of hydrogen-bond donors (Lipinski definition) is 0. The Labute approximate surface area is 293 Å². The van der Waals surface area contributed by atoms with Gasteiger partial charge in [0.25, 0.3) is 0 Å². The van der Waals surface area contributed by atoms with E-state index in [2.05, 4.69) is 94.4 Å². The van der Waals surface area contributed by atoms with Gasteiger partial charge >= 0.3 is 0 Å². The average molecular weight is 669 g/mol. The molecule has 272 valence electrons. The maximum atomic E-state index is 14.7. The third-order valence-corrected chi connectivity index (χ3v) is 8.70. The maximum absolute atomic E-state index is 14.7. The quantitative estimate of drug-likeness (QED) is 0.0981. The first kappa shape index (κ1) is 41.3. The SMILES string of the molecule is CCCC(C)Oc1ccc(CC)cc1CCC(=O)c1c(OC(C)CCC)c(OC(C)CCC)cc(OC(C)CCC)c1OC(C)CCC. The molecule has 0 heterocycles. The van der Waals surface area contributed by atoms with Gasteiger partial charge in [-0.3, -0.25) is 4.79 Å². The van der Waals surface area contributed by atoms with Crippen LogP contribution in [0.3, 0.4) is 0 Å². The highest BCUT2D eigenvalue weighted by atomic mass is 16.5. The van der Waals surface area contributed by atoms with E-state index in [4.69, 9.17) is 23.7 Å². The third-order valence-electron chi connectivity index (χ3n) is 8.70. The number of ether oxygens (including phenoxy) is 5. The molecule has 0 spiro atoms. The lowest BCUT2D eigenvalue weighted by Gasteiger charge is -2.28. The van der Waals surface area contributed by atoms with Crippen LogP contribution < -0.4 is 23.7 Å². The lowest BCUT2D eigenvalue weighted by atomic mass is 9.97. The molecule has 2 aromatic rings. The summed E-state index contributed by atoms with van der Waals surface area (Å²) in [6.07, 6.45) is 10.9. The van der Waals surface area contributed by atoms with Gasteiger partial charge in [0.2, 0.25) is 0 Å². The molecule has 5 atom stereocenters. The third kappa shape index (κ3) is 13.2. The first-order valence-electron chi connectivity index (χ1n) is 19.2. The Morgan fingerprint density at radius 1 is 0.542 bits per heavy atom. The standard InChI is InChI=1S/C42H68O6/c1-12-18-29(7)44-37-26-23-34(17-6)27-35(37)24-25-36(43)40-41(47-32(10)21-15-4)38(45-30(8)19-13-2)28-39(46-31(9)20-14-3)42(40)48-33(11)22-16-5/h23,26-33H,12-22,24-25H2,1-11H3. The van der Waals surface area contributed by atoms with E-state index in [1.54, 1.807) is 0 Å². The zero-order valence-electron chi connectivity index (χ0n) is 32.3. The van der Waals surface area contributed by atoms with Crippen molar-refractivity contribution in [1.82, 2.24) is 0 Å². The van der Waals surface area contributed by atoms with Gasteiger partial charge in [0, 0.05) is 12.5 Å². The Morgan fingerprint density at radius 2 is 0.938 bits per heavy atom. The summed E-state index contributed by atoms with van der Waals surface area (Å²) in [5, 5.41) is 0. The summed E-state index contributed by atoms with van der Waals surface area (Å²) in [4.78, 5) is 14.7. The maximum Gasteiger partial charge on any atom is 0.176 e. The minimum absolute atomic E-state index is 0.0524. The molecule has 0 N–H and O–H groups in total. The van der Waals surface area contributed by atoms with Crippen molar-refractivity contribution in [2.45, 2.75) is 190 Å². The second-order valence-corrected chi connectivity index (χ2v) is 13.7. The zero-order valence-corrected chi connectivity index (χ0v) is 32.3. The highest BCUT2D eigenvalue weighted by Crippen LogP contribution is 2.48. The van der Waals surface area contributed by atoms with E-state index >= 15 is 0 Å². The fourth-order valence-corrected chi connectivity index (χ4v) is 6.18. The topological polar surface area (TPSA) is 63.2 Å². The van der Waals surface area contributed by atoms with Crippen LogP contribution in [0.25, 0.3) is 0 Å². The molecule has 0 fully saturated rings. The van der Waals surface area contributed by atoms with E-state index in [9.17, 15) is 4.79 Å². The highest BCUT2D eigenvalue weighted by molar-refractivity contribution is 6.03. The summed E-state index contributed by atoms with van der Waals surface area (Å²) in [6, 6.07) is 8.29. The summed E-state index contributed by atoms with van der Waals surface area (Å²) < 4.78 is 33.0. The van der Waals surface area contributed by atoms with Crippen molar-refractivity contribution >= 4 is 5.78 Å². The molecule has 0 aliphatic heterocycles. The number of carbonyl (C=O) groups excluding carboxylic acids is 1. The Bertz CT molecular complexity index is 1170. The molecule has 0 saturated heterocycles. The molecule has 6 heteroatoms. The van der Waals surface area contributed by atoms with Crippen molar-refractivity contribution in [2.24, 2.45) is 0 Å². The van der Waals surface area contributed by atoms with Crippen LogP contribution in [-0.2, 0) is 12.8 Å². The molecule has 48 heavy (non-hydrogen) atoms. The molecule has 0 saturated carbocycles. The smallest absolute Gasteiger partial charge is 0.176 e. The second-order valence-electron chi connectivity index (χ2n) is 13.7.